The van der Waals surface area contributed by atoms with E-state index in [2.05, 4.69) is 19.8 Å². The maximum Gasteiger partial charge on any atom is 0.323 e. The van der Waals surface area contributed by atoms with Gasteiger partial charge in [-0.05, 0) is 24.0 Å². The number of nitrogens with zero attached hydrogens (tertiary/aromatic N) is 2. The molecule has 14 heteroatoms. The molecule has 3 heterocycles. The molecule has 11 nitrogen and oxygen atoms in total. The standard InChI is InChI=1S/C18H27N5O6S3/c1-6-12(14-7-11(8-29-14)10(2)3)19-16-17(22-32(27,28)21-16)20-13-9-30-18(15(13)24)31(25,26)23(4)5/h7-10,12,16,19,21,24H,6H2,1-5H3,(H,20,22)/t12-,16?/m1/s1. The van der Waals surface area contributed by atoms with Crippen LogP contribution in [-0.4, -0.2) is 52.3 Å². The van der Waals surface area contributed by atoms with Crippen molar-refractivity contribution in [1.82, 2.24) is 14.3 Å². The average molecular weight is 506 g/mol. The normalized spacial score (nSPS) is 19.5. The number of anilines is 1. The highest BCUT2D eigenvalue weighted by molar-refractivity contribution is 7.91. The summed E-state index contributed by atoms with van der Waals surface area (Å²) >= 11 is 0.814. The van der Waals surface area contributed by atoms with Crippen molar-refractivity contribution in [2.24, 2.45) is 4.40 Å². The molecule has 32 heavy (non-hydrogen) atoms. The Kier molecular flexibility index (Phi) is 7.02. The van der Waals surface area contributed by atoms with Gasteiger partial charge in [-0.2, -0.15) is 13.1 Å². The monoisotopic (exact) mass is 505 g/mol. The zero-order valence-corrected chi connectivity index (χ0v) is 20.7. The first-order chi connectivity index (χ1) is 14.9. The van der Waals surface area contributed by atoms with Crippen LogP contribution in [0, 0.1) is 0 Å². The first-order valence-corrected chi connectivity index (χ1v) is 13.6. The summed E-state index contributed by atoms with van der Waals surface area (Å²) in [4.78, 5) is 0. The number of thiophene rings is 1. The number of hydrogen-bond acceptors (Lipinski definition) is 9. The predicted octanol–water partition coefficient (Wildman–Crippen LogP) is 2.15. The van der Waals surface area contributed by atoms with Crippen molar-refractivity contribution in [2.45, 2.75) is 49.5 Å². The van der Waals surface area contributed by atoms with Gasteiger partial charge in [0, 0.05) is 19.5 Å². The molecule has 0 bridgehead atoms. The summed E-state index contributed by atoms with van der Waals surface area (Å²) in [5.41, 5.74) is 1.06. The first kappa shape index (κ1) is 24.7. The van der Waals surface area contributed by atoms with Crippen LogP contribution in [0.4, 0.5) is 5.69 Å². The highest BCUT2D eigenvalue weighted by Gasteiger charge is 2.34. The molecule has 4 N–H and O–H groups in total. The van der Waals surface area contributed by atoms with E-state index in [1.807, 2.05) is 26.8 Å². The molecule has 2 aromatic heterocycles. The summed E-state index contributed by atoms with van der Waals surface area (Å²) in [7, 11) is -5.14. The third-order valence-electron chi connectivity index (χ3n) is 4.89. The van der Waals surface area contributed by atoms with Crippen LogP contribution in [-0.2, 0) is 20.2 Å². The molecule has 0 saturated carbocycles. The Morgan fingerprint density at radius 3 is 2.62 bits per heavy atom. The minimum atomic E-state index is -3.98. The van der Waals surface area contributed by atoms with Crippen LogP contribution in [0.15, 0.2) is 30.7 Å². The first-order valence-electron chi connectivity index (χ1n) is 9.82. The molecule has 0 fully saturated rings. The van der Waals surface area contributed by atoms with Gasteiger partial charge in [0.1, 0.15) is 11.9 Å². The maximum absolute atomic E-state index is 12.3. The minimum Gasteiger partial charge on any atom is -0.504 e. The molecule has 0 saturated heterocycles. The Bertz CT molecular complexity index is 1210. The van der Waals surface area contributed by atoms with Crippen molar-refractivity contribution < 1.29 is 26.4 Å². The molecule has 0 aromatic carbocycles. The number of nitrogens with one attached hydrogen (secondary N) is 3. The van der Waals surface area contributed by atoms with Crippen molar-refractivity contribution in [3.05, 3.63) is 29.0 Å². The highest BCUT2D eigenvalue weighted by atomic mass is 32.2. The summed E-state index contributed by atoms with van der Waals surface area (Å²) in [6.45, 7) is 6.01. The van der Waals surface area contributed by atoms with E-state index < -0.39 is 32.1 Å². The minimum absolute atomic E-state index is 0.0269. The van der Waals surface area contributed by atoms with Gasteiger partial charge in [0.05, 0.1) is 18.0 Å². The fourth-order valence-electron chi connectivity index (χ4n) is 2.99. The molecule has 2 atom stereocenters. The van der Waals surface area contributed by atoms with E-state index in [1.54, 1.807) is 6.26 Å². The summed E-state index contributed by atoms with van der Waals surface area (Å²) < 4.78 is 61.4. The Morgan fingerprint density at radius 2 is 2.06 bits per heavy atom. The molecule has 3 rings (SSSR count). The van der Waals surface area contributed by atoms with Crippen molar-refractivity contribution in [3.8, 4) is 5.75 Å². The lowest BCUT2D eigenvalue weighted by Crippen LogP contribution is -2.48. The van der Waals surface area contributed by atoms with E-state index in [4.69, 9.17) is 4.42 Å². The van der Waals surface area contributed by atoms with Crippen molar-refractivity contribution in [3.63, 3.8) is 0 Å². The lowest BCUT2D eigenvalue weighted by molar-refractivity contribution is 0.386. The molecule has 1 unspecified atom stereocenters. The van der Waals surface area contributed by atoms with Gasteiger partial charge in [-0.3, -0.25) is 5.32 Å². The molecule has 178 valence electrons. The second kappa shape index (κ2) is 9.11. The Balaban J connectivity index is 1.85. The zero-order valence-electron chi connectivity index (χ0n) is 18.3. The van der Waals surface area contributed by atoms with Crippen molar-refractivity contribution in [1.29, 1.82) is 0 Å². The van der Waals surface area contributed by atoms with Crippen LogP contribution < -0.4 is 15.4 Å². The topological polar surface area (TPSA) is 153 Å². The molecule has 1 aliphatic rings. The fourth-order valence-corrected chi connectivity index (χ4v) is 6.31. The number of aromatic hydroxyl groups is 1. The second-order valence-electron chi connectivity index (χ2n) is 7.76. The van der Waals surface area contributed by atoms with Crippen LogP contribution in [0.25, 0.3) is 0 Å². The van der Waals surface area contributed by atoms with E-state index in [0.29, 0.717) is 12.2 Å². The van der Waals surface area contributed by atoms with Crippen LogP contribution >= 0.6 is 11.3 Å². The second-order valence-corrected chi connectivity index (χ2v) is 12.4. The van der Waals surface area contributed by atoms with Crippen LogP contribution in [0.2, 0.25) is 0 Å². The Morgan fingerprint density at radius 1 is 1.38 bits per heavy atom. The van der Waals surface area contributed by atoms with E-state index >= 15 is 0 Å². The quantitative estimate of drug-likeness (QED) is 0.426. The SMILES string of the molecule is CC[C@@H](NC1NS(=O)(=O)N=C1Nc1csc(S(=O)(=O)N(C)C)c1O)c1cc(C(C)C)co1. The molecule has 0 radical (unpaired) electrons. The average Bonchev–Trinajstić information content (AvgIpc) is 3.38. The number of rotatable bonds is 8. The van der Waals surface area contributed by atoms with E-state index in [-0.39, 0.29) is 27.7 Å². The summed E-state index contributed by atoms with van der Waals surface area (Å²) in [5.74, 6) is 0.400. The number of amidine groups is 1. The molecule has 0 amide bonds. The van der Waals surface area contributed by atoms with Gasteiger partial charge in [-0.25, -0.2) is 12.7 Å². The lowest BCUT2D eigenvalue weighted by atomic mass is 10.1. The number of furan rings is 1. The predicted molar refractivity (Wildman–Crippen MR) is 123 cm³/mol. The molecule has 0 aliphatic carbocycles. The summed E-state index contributed by atoms with van der Waals surface area (Å²) in [6.07, 6.45) is 1.34. The maximum atomic E-state index is 12.3. The van der Waals surface area contributed by atoms with Gasteiger partial charge < -0.3 is 14.8 Å². The Labute approximate surface area is 191 Å². The summed E-state index contributed by atoms with van der Waals surface area (Å²) in [6, 6.07) is 1.60. The van der Waals surface area contributed by atoms with Gasteiger partial charge >= 0.3 is 10.2 Å². The van der Waals surface area contributed by atoms with E-state index in [9.17, 15) is 21.9 Å². The number of hydrogen-bond donors (Lipinski definition) is 4. The van der Waals surface area contributed by atoms with Crippen molar-refractivity contribution >= 4 is 43.1 Å². The molecular weight excluding hydrogens is 478 g/mol. The van der Waals surface area contributed by atoms with Crippen LogP contribution in [0.3, 0.4) is 0 Å². The smallest absolute Gasteiger partial charge is 0.323 e. The fraction of sp³-hybridized carbons (Fsp3) is 0.500. The third kappa shape index (κ3) is 5.00. The van der Waals surface area contributed by atoms with Gasteiger partial charge in [0.2, 0.25) is 0 Å². The van der Waals surface area contributed by atoms with Gasteiger partial charge in [-0.15, -0.1) is 15.7 Å². The third-order valence-corrected chi connectivity index (χ3v) is 9.17. The molecule has 0 spiro atoms. The Hall–Kier alpha value is -1.97. The molecule has 1 aliphatic heterocycles. The lowest BCUT2D eigenvalue weighted by Gasteiger charge is -2.21. The molecule has 2 aromatic rings. The van der Waals surface area contributed by atoms with E-state index in [0.717, 1.165) is 21.2 Å². The van der Waals surface area contributed by atoms with E-state index in [1.165, 1.54) is 19.5 Å². The highest BCUT2D eigenvalue weighted by Crippen LogP contribution is 2.39. The van der Waals surface area contributed by atoms with Crippen molar-refractivity contribution in [2.75, 3.05) is 19.4 Å². The van der Waals surface area contributed by atoms with Gasteiger partial charge in [-0.1, -0.05) is 20.8 Å². The summed E-state index contributed by atoms with van der Waals surface area (Å²) in [5, 5.41) is 17.7. The number of sulfonamides is 1. The largest absolute Gasteiger partial charge is 0.504 e. The van der Waals surface area contributed by atoms with Crippen LogP contribution in [0.1, 0.15) is 50.5 Å². The van der Waals surface area contributed by atoms with Gasteiger partial charge in [0.15, 0.2) is 15.8 Å². The van der Waals surface area contributed by atoms with Crippen LogP contribution in [0.5, 0.6) is 5.75 Å². The van der Waals surface area contributed by atoms with Gasteiger partial charge in [0.25, 0.3) is 10.0 Å². The zero-order chi connectivity index (χ0) is 23.8. The molecular formula is C18H27N5O6S3.